The van der Waals surface area contributed by atoms with Crippen LogP contribution >= 0.6 is 11.6 Å². The van der Waals surface area contributed by atoms with Gasteiger partial charge < -0.3 is 0 Å². The summed E-state index contributed by atoms with van der Waals surface area (Å²) in [6.45, 7) is 1.89. The lowest BCUT2D eigenvalue weighted by molar-refractivity contribution is 0.515. The molecule has 3 rings (SSSR count). The van der Waals surface area contributed by atoms with Crippen molar-refractivity contribution in [2.45, 2.75) is 13.3 Å². The fourth-order valence-corrected chi connectivity index (χ4v) is 2.10. The molecule has 0 fully saturated rings. The number of aromatic nitrogens is 4. The van der Waals surface area contributed by atoms with E-state index >= 15 is 0 Å². The van der Waals surface area contributed by atoms with Crippen LogP contribution in [0.15, 0.2) is 12.1 Å². The van der Waals surface area contributed by atoms with Gasteiger partial charge >= 0.3 is 0 Å². The van der Waals surface area contributed by atoms with E-state index < -0.39 is 11.6 Å². The van der Waals surface area contributed by atoms with Gasteiger partial charge in [0.25, 0.3) is 0 Å². The maximum Gasteiger partial charge on any atom is 0.199 e. The summed E-state index contributed by atoms with van der Waals surface area (Å²) in [5.74, 6) is -1.37. The molecule has 2 aromatic heterocycles. The van der Waals surface area contributed by atoms with Crippen LogP contribution in [0, 0.1) is 11.6 Å². The number of rotatable bonds is 1. The third-order valence-electron chi connectivity index (χ3n) is 2.73. The van der Waals surface area contributed by atoms with E-state index in [1.165, 1.54) is 6.07 Å². The van der Waals surface area contributed by atoms with Gasteiger partial charge in [-0.3, -0.25) is 4.40 Å². The minimum atomic E-state index is -1.02. The summed E-state index contributed by atoms with van der Waals surface area (Å²) in [7, 11) is 0. The van der Waals surface area contributed by atoms with Crippen molar-refractivity contribution in [2.24, 2.45) is 0 Å². The van der Waals surface area contributed by atoms with Gasteiger partial charge in [0, 0.05) is 6.42 Å². The maximum atomic E-state index is 13.7. The van der Waals surface area contributed by atoms with Gasteiger partial charge in [0.15, 0.2) is 22.4 Å². The molecule has 0 amide bonds. The minimum absolute atomic E-state index is 0.000741. The normalized spacial score (nSPS) is 11.6. The Balaban J connectivity index is 2.60. The number of hydrogen-bond acceptors (Lipinski definition) is 3. The molecule has 0 aliphatic carbocycles. The number of hydrogen-bond donors (Lipinski definition) is 0. The monoisotopic (exact) mass is 268 g/mol. The highest BCUT2D eigenvalue weighted by molar-refractivity contribution is 6.32. The van der Waals surface area contributed by atoms with E-state index in [0.29, 0.717) is 23.4 Å². The number of fused-ring (bicyclic) bond motifs is 3. The number of halogens is 3. The first-order valence-corrected chi connectivity index (χ1v) is 5.68. The smallest absolute Gasteiger partial charge is 0.199 e. The maximum absolute atomic E-state index is 13.7. The fraction of sp³-hybridized carbons (Fsp3) is 0.182. The van der Waals surface area contributed by atoms with Crippen molar-refractivity contribution in [1.82, 2.24) is 19.6 Å². The Hall–Kier alpha value is -1.82. The first-order valence-electron chi connectivity index (χ1n) is 5.30. The van der Waals surface area contributed by atoms with Crippen molar-refractivity contribution in [1.29, 1.82) is 0 Å². The molecule has 0 saturated heterocycles. The number of aryl methyl sites for hydroxylation is 1. The molecule has 18 heavy (non-hydrogen) atoms. The van der Waals surface area contributed by atoms with E-state index in [1.807, 2.05) is 6.92 Å². The average Bonchev–Trinajstić information content (AvgIpc) is 2.79. The Morgan fingerprint density at radius 2 is 2.06 bits per heavy atom. The Labute approximate surface area is 105 Å². The molecular formula is C11H7ClF2N4. The number of benzene rings is 1. The van der Waals surface area contributed by atoms with Gasteiger partial charge in [0.05, 0.1) is 5.52 Å². The van der Waals surface area contributed by atoms with Gasteiger partial charge in [-0.15, -0.1) is 10.2 Å². The summed E-state index contributed by atoms with van der Waals surface area (Å²) in [5.41, 5.74) is 0.615. The average molecular weight is 269 g/mol. The lowest BCUT2D eigenvalue weighted by Gasteiger charge is -2.05. The van der Waals surface area contributed by atoms with Crippen LogP contribution in [0.1, 0.15) is 12.7 Å². The van der Waals surface area contributed by atoms with E-state index in [4.69, 9.17) is 11.6 Å². The third kappa shape index (κ3) is 1.38. The lowest BCUT2D eigenvalue weighted by atomic mass is 10.2. The van der Waals surface area contributed by atoms with Crippen LogP contribution in [0.2, 0.25) is 5.15 Å². The Kier molecular flexibility index (Phi) is 2.41. The molecule has 0 atom stereocenters. The second-order valence-electron chi connectivity index (χ2n) is 3.76. The molecular weight excluding hydrogens is 262 g/mol. The molecule has 0 spiro atoms. The van der Waals surface area contributed by atoms with Crippen LogP contribution in [-0.4, -0.2) is 19.6 Å². The van der Waals surface area contributed by atoms with Gasteiger partial charge in [0.1, 0.15) is 11.3 Å². The largest absolute Gasteiger partial charge is 0.275 e. The summed E-state index contributed by atoms with van der Waals surface area (Å²) in [6.07, 6.45) is 0.593. The molecule has 0 bridgehead atoms. The molecule has 0 radical (unpaired) electrons. The van der Waals surface area contributed by atoms with Crippen molar-refractivity contribution in [3.05, 3.63) is 34.7 Å². The topological polar surface area (TPSA) is 43.1 Å². The predicted octanol–water partition coefficient (Wildman–Crippen LogP) is 2.77. The highest BCUT2D eigenvalue weighted by Crippen LogP contribution is 2.24. The zero-order chi connectivity index (χ0) is 12.9. The summed E-state index contributed by atoms with van der Waals surface area (Å²) < 4.78 is 28.5. The predicted molar refractivity (Wildman–Crippen MR) is 62.6 cm³/mol. The summed E-state index contributed by atoms with van der Waals surface area (Å²) in [4.78, 5) is 3.84. The van der Waals surface area contributed by atoms with Crippen molar-refractivity contribution in [3.8, 4) is 0 Å². The molecule has 0 aliphatic heterocycles. The lowest BCUT2D eigenvalue weighted by Crippen LogP contribution is -2.00. The van der Waals surface area contributed by atoms with Crippen molar-refractivity contribution >= 4 is 28.3 Å². The van der Waals surface area contributed by atoms with Gasteiger partial charge in [-0.05, 0) is 12.1 Å². The van der Waals surface area contributed by atoms with Crippen molar-refractivity contribution in [2.75, 3.05) is 0 Å². The van der Waals surface area contributed by atoms with E-state index in [9.17, 15) is 8.78 Å². The summed E-state index contributed by atoms with van der Waals surface area (Å²) >= 11 is 5.91. The van der Waals surface area contributed by atoms with E-state index in [1.54, 1.807) is 4.40 Å². The molecule has 0 aliphatic rings. The van der Waals surface area contributed by atoms with Crippen LogP contribution in [0.4, 0.5) is 8.78 Å². The third-order valence-corrected chi connectivity index (χ3v) is 2.98. The van der Waals surface area contributed by atoms with Crippen molar-refractivity contribution in [3.63, 3.8) is 0 Å². The first-order chi connectivity index (χ1) is 8.63. The fourth-order valence-electron chi connectivity index (χ4n) is 1.90. The number of nitrogens with zero attached hydrogens (tertiary/aromatic N) is 4. The molecule has 4 nitrogen and oxygen atoms in total. The van der Waals surface area contributed by atoms with Gasteiger partial charge in [0.2, 0.25) is 0 Å². The summed E-state index contributed by atoms with van der Waals surface area (Å²) in [6, 6.07) is 2.48. The van der Waals surface area contributed by atoms with E-state index in [-0.39, 0.29) is 10.7 Å². The molecule has 1 aromatic carbocycles. The highest BCUT2D eigenvalue weighted by Gasteiger charge is 2.17. The van der Waals surface area contributed by atoms with Gasteiger partial charge in [-0.2, -0.15) is 0 Å². The molecule has 7 heteroatoms. The van der Waals surface area contributed by atoms with E-state index in [2.05, 4.69) is 15.2 Å². The van der Waals surface area contributed by atoms with Crippen LogP contribution < -0.4 is 0 Å². The minimum Gasteiger partial charge on any atom is -0.275 e. The van der Waals surface area contributed by atoms with Crippen LogP contribution in [0.25, 0.3) is 16.7 Å². The van der Waals surface area contributed by atoms with Crippen molar-refractivity contribution < 1.29 is 8.78 Å². The van der Waals surface area contributed by atoms with Gasteiger partial charge in [-0.25, -0.2) is 13.8 Å². The SMILES string of the molecule is CCc1nnc2c(Cl)nc3c(F)c(F)ccc3n12. The summed E-state index contributed by atoms with van der Waals surface area (Å²) in [5, 5.41) is 7.84. The van der Waals surface area contributed by atoms with Crippen LogP contribution in [0.3, 0.4) is 0 Å². The molecule has 2 heterocycles. The highest BCUT2D eigenvalue weighted by atomic mass is 35.5. The van der Waals surface area contributed by atoms with E-state index in [0.717, 1.165) is 6.07 Å². The molecule has 0 saturated carbocycles. The Morgan fingerprint density at radius 3 is 2.78 bits per heavy atom. The second-order valence-corrected chi connectivity index (χ2v) is 4.12. The van der Waals surface area contributed by atoms with Crippen LogP contribution in [-0.2, 0) is 6.42 Å². The zero-order valence-electron chi connectivity index (χ0n) is 9.28. The Bertz CT molecular complexity index is 769. The zero-order valence-corrected chi connectivity index (χ0v) is 10.0. The second kappa shape index (κ2) is 3.84. The molecule has 3 aromatic rings. The Morgan fingerprint density at radius 1 is 1.28 bits per heavy atom. The quantitative estimate of drug-likeness (QED) is 0.682. The molecule has 92 valence electrons. The molecule has 0 unspecified atom stereocenters. The van der Waals surface area contributed by atoms with Crippen LogP contribution in [0.5, 0.6) is 0 Å². The first kappa shape index (κ1) is 11.3. The molecule has 0 N–H and O–H groups in total. The van der Waals surface area contributed by atoms with Gasteiger partial charge in [-0.1, -0.05) is 18.5 Å². The standard InChI is InChI=1S/C11H7ClF2N4/c1-2-7-16-17-11-10(12)15-9-6(18(7)11)4-3-5(13)8(9)14/h3-4H,2H2,1H3.